The van der Waals surface area contributed by atoms with Gasteiger partial charge in [-0.1, -0.05) is 181 Å². The lowest BCUT2D eigenvalue weighted by molar-refractivity contribution is -0.151. The van der Waals surface area contributed by atoms with Gasteiger partial charge in [-0.05, 0) is 25.7 Å². The molecule has 3 unspecified atom stereocenters. The zero-order valence-corrected chi connectivity index (χ0v) is 31.0. The molecule has 0 fully saturated rings. The second kappa shape index (κ2) is 35.2. The molecule has 0 aromatic rings. The third kappa shape index (κ3) is 30.2. The van der Waals surface area contributed by atoms with Gasteiger partial charge in [0.2, 0.25) is 5.91 Å². The van der Waals surface area contributed by atoms with Crippen LogP contribution in [-0.2, 0) is 14.3 Å². The van der Waals surface area contributed by atoms with Crippen LogP contribution in [0.15, 0.2) is 0 Å². The summed E-state index contributed by atoms with van der Waals surface area (Å²) in [5.74, 6) is -0.471. The fraction of sp³-hybridized carbons (Fsp3) is 0.950. The Labute approximate surface area is 286 Å². The average Bonchev–Trinajstić information content (AvgIpc) is 3.04. The van der Waals surface area contributed by atoms with Crippen LogP contribution < -0.4 is 5.32 Å². The molecule has 3 atom stereocenters. The number of carbonyl (C=O) groups excluding carboxylic acids is 2. The number of hydrogen-bond acceptors (Lipinski definition) is 5. The van der Waals surface area contributed by atoms with Gasteiger partial charge in [0.05, 0.1) is 25.2 Å². The Morgan fingerprint density at radius 3 is 1.33 bits per heavy atom. The zero-order valence-electron chi connectivity index (χ0n) is 31.0. The summed E-state index contributed by atoms with van der Waals surface area (Å²) in [5.41, 5.74) is 0. The van der Waals surface area contributed by atoms with Crippen molar-refractivity contribution in [2.24, 2.45) is 0 Å². The first kappa shape index (κ1) is 44.9. The molecule has 0 rings (SSSR count). The Bertz CT molecular complexity index is 658. The molecular weight excluding hydrogens is 574 g/mol. The van der Waals surface area contributed by atoms with Crippen LogP contribution in [0.1, 0.15) is 220 Å². The minimum atomic E-state index is -0.775. The van der Waals surface area contributed by atoms with Crippen molar-refractivity contribution >= 4 is 11.9 Å². The molecule has 0 radical (unpaired) electrons. The van der Waals surface area contributed by atoms with Crippen LogP contribution in [0, 0.1) is 0 Å². The van der Waals surface area contributed by atoms with Gasteiger partial charge in [0.1, 0.15) is 6.10 Å². The standard InChI is InChI=1S/C40H79NO5/c1-4-7-10-13-16-18-20-23-26-29-32-38(43)37(35-42)41-39(44)34-36(31-28-25-22-15-12-9-6-3)46-40(45)33-30-27-24-21-19-17-14-11-8-5-2/h36-38,42-43H,4-35H2,1-3H3,(H,41,44). The van der Waals surface area contributed by atoms with Gasteiger partial charge in [-0.3, -0.25) is 9.59 Å². The number of ether oxygens (including phenoxy) is 1. The highest BCUT2D eigenvalue weighted by Crippen LogP contribution is 2.17. The highest BCUT2D eigenvalue weighted by atomic mass is 16.5. The lowest BCUT2D eigenvalue weighted by Crippen LogP contribution is -2.46. The largest absolute Gasteiger partial charge is 0.462 e. The fourth-order valence-electron chi connectivity index (χ4n) is 6.31. The van der Waals surface area contributed by atoms with Gasteiger partial charge in [0.15, 0.2) is 0 Å². The van der Waals surface area contributed by atoms with Gasteiger partial charge in [-0.15, -0.1) is 0 Å². The van der Waals surface area contributed by atoms with Crippen LogP contribution in [-0.4, -0.2) is 46.9 Å². The number of rotatable bonds is 36. The normalized spacial score (nSPS) is 13.4. The maximum Gasteiger partial charge on any atom is 0.306 e. The first-order valence-corrected chi connectivity index (χ1v) is 20.3. The second-order valence-corrected chi connectivity index (χ2v) is 14.1. The maximum atomic E-state index is 13.0. The van der Waals surface area contributed by atoms with Gasteiger partial charge in [0, 0.05) is 6.42 Å². The summed E-state index contributed by atoms with van der Waals surface area (Å²) >= 11 is 0. The Morgan fingerprint density at radius 2 is 0.913 bits per heavy atom. The van der Waals surface area contributed by atoms with Gasteiger partial charge in [-0.25, -0.2) is 0 Å². The quantitative estimate of drug-likeness (QED) is 0.0462. The average molecular weight is 654 g/mol. The first-order valence-electron chi connectivity index (χ1n) is 20.3. The Kier molecular flexibility index (Phi) is 34.3. The molecule has 46 heavy (non-hydrogen) atoms. The van der Waals surface area contributed by atoms with Gasteiger partial charge in [0.25, 0.3) is 0 Å². The molecule has 6 heteroatoms. The van der Waals surface area contributed by atoms with Crippen molar-refractivity contribution < 1.29 is 24.5 Å². The van der Waals surface area contributed by atoms with Gasteiger partial charge >= 0.3 is 5.97 Å². The molecule has 0 aromatic carbocycles. The predicted octanol–water partition coefficient (Wildman–Crippen LogP) is 10.9. The first-order chi connectivity index (χ1) is 22.5. The van der Waals surface area contributed by atoms with Crippen molar-refractivity contribution in [2.45, 2.75) is 238 Å². The monoisotopic (exact) mass is 654 g/mol. The highest BCUT2D eigenvalue weighted by Gasteiger charge is 2.24. The number of nitrogens with one attached hydrogen (secondary N) is 1. The lowest BCUT2D eigenvalue weighted by atomic mass is 10.0. The fourth-order valence-corrected chi connectivity index (χ4v) is 6.31. The Hall–Kier alpha value is -1.14. The van der Waals surface area contributed by atoms with Crippen molar-refractivity contribution in [2.75, 3.05) is 6.61 Å². The molecule has 0 aliphatic rings. The summed E-state index contributed by atoms with van der Waals surface area (Å²) in [6.07, 6.45) is 33.1. The van der Waals surface area contributed by atoms with E-state index in [1.165, 1.54) is 128 Å². The molecule has 3 N–H and O–H groups in total. The van der Waals surface area contributed by atoms with Crippen LogP contribution in [0.3, 0.4) is 0 Å². The molecule has 6 nitrogen and oxygen atoms in total. The molecule has 0 saturated heterocycles. The van der Waals surface area contributed by atoms with Crippen LogP contribution >= 0.6 is 0 Å². The number of carbonyl (C=O) groups is 2. The van der Waals surface area contributed by atoms with Crippen LogP contribution in [0.25, 0.3) is 0 Å². The summed E-state index contributed by atoms with van der Waals surface area (Å²) in [6, 6.07) is -0.687. The third-order valence-corrected chi connectivity index (χ3v) is 9.44. The van der Waals surface area contributed by atoms with E-state index in [1.807, 2.05) is 0 Å². The summed E-state index contributed by atoms with van der Waals surface area (Å²) < 4.78 is 5.84. The predicted molar refractivity (Wildman–Crippen MR) is 195 cm³/mol. The molecule has 0 heterocycles. The number of hydrogen-bond donors (Lipinski definition) is 3. The minimum Gasteiger partial charge on any atom is -0.462 e. The summed E-state index contributed by atoms with van der Waals surface area (Å²) in [7, 11) is 0. The van der Waals surface area contributed by atoms with Crippen molar-refractivity contribution in [1.29, 1.82) is 0 Å². The van der Waals surface area contributed by atoms with E-state index in [2.05, 4.69) is 26.1 Å². The number of amides is 1. The molecule has 0 aliphatic heterocycles. The van der Waals surface area contributed by atoms with Crippen LogP contribution in [0.2, 0.25) is 0 Å². The van der Waals surface area contributed by atoms with E-state index in [9.17, 15) is 19.8 Å². The van der Waals surface area contributed by atoms with Crippen molar-refractivity contribution in [3.05, 3.63) is 0 Å². The molecular formula is C40H79NO5. The van der Waals surface area contributed by atoms with E-state index >= 15 is 0 Å². The van der Waals surface area contributed by atoms with E-state index in [1.54, 1.807) is 0 Å². The molecule has 274 valence electrons. The van der Waals surface area contributed by atoms with E-state index < -0.39 is 18.2 Å². The van der Waals surface area contributed by atoms with Crippen molar-refractivity contribution in [3.8, 4) is 0 Å². The molecule has 0 spiro atoms. The van der Waals surface area contributed by atoms with Gasteiger partial charge < -0.3 is 20.3 Å². The third-order valence-electron chi connectivity index (χ3n) is 9.44. The van der Waals surface area contributed by atoms with Crippen molar-refractivity contribution in [1.82, 2.24) is 5.32 Å². The van der Waals surface area contributed by atoms with E-state index in [0.717, 1.165) is 44.9 Å². The minimum absolute atomic E-state index is 0.0844. The Balaban J connectivity index is 4.49. The second-order valence-electron chi connectivity index (χ2n) is 14.1. The topological polar surface area (TPSA) is 95.9 Å². The van der Waals surface area contributed by atoms with E-state index in [4.69, 9.17) is 4.74 Å². The summed E-state index contributed by atoms with van der Waals surface area (Å²) in [5, 5.41) is 23.4. The van der Waals surface area contributed by atoms with Crippen LogP contribution in [0.4, 0.5) is 0 Å². The summed E-state index contributed by atoms with van der Waals surface area (Å²) in [4.78, 5) is 25.7. The maximum absolute atomic E-state index is 13.0. The highest BCUT2D eigenvalue weighted by molar-refractivity contribution is 5.77. The van der Waals surface area contributed by atoms with Crippen molar-refractivity contribution in [3.63, 3.8) is 0 Å². The molecule has 0 saturated carbocycles. The SMILES string of the molecule is CCCCCCCCCCCCC(=O)OC(CCCCCCCCC)CC(=O)NC(CO)C(O)CCCCCCCCCCCC. The molecule has 0 aromatic heterocycles. The molecule has 0 bridgehead atoms. The van der Waals surface area contributed by atoms with Crippen LogP contribution in [0.5, 0.6) is 0 Å². The van der Waals surface area contributed by atoms with Gasteiger partial charge in [-0.2, -0.15) is 0 Å². The zero-order chi connectivity index (χ0) is 33.9. The number of esters is 1. The number of aliphatic hydroxyl groups is 2. The lowest BCUT2D eigenvalue weighted by Gasteiger charge is -2.24. The molecule has 1 amide bonds. The summed E-state index contributed by atoms with van der Waals surface area (Å²) in [6.45, 7) is 6.41. The van der Waals surface area contributed by atoms with E-state index in [-0.39, 0.29) is 24.9 Å². The molecule has 0 aliphatic carbocycles. The number of unbranched alkanes of at least 4 members (excludes halogenated alkanes) is 24. The number of aliphatic hydroxyl groups excluding tert-OH is 2. The smallest absolute Gasteiger partial charge is 0.306 e. The Morgan fingerprint density at radius 1 is 0.543 bits per heavy atom. The van der Waals surface area contributed by atoms with E-state index in [0.29, 0.717) is 19.3 Å².